The molecule has 22 heavy (non-hydrogen) atoms. The van der Waals surface area contributed by atoms with Crippen molar-refractivity contribution in [1.82, 2.24) is 0 Å². The lowest BCUT2D eigenvalue weighted by Gasteiger charge is -2.13. The molecular weight excluding hydrogens is 300 g/mol. The average Bonchev–Trinajstić information content (AvgIpc) is 2.49. The first kappa shape index (κ1) is 16.2. The van der Waals surface area contributed by atoms with Gasteiger partial charge in [0.15, 0.2) is 0 Å². The van der Waals surface area contributed by atoms with Gasteiger partial charge < -0.3 is 10.5 Å². The Morgan fingerprint density at radius 1 is 1.09 bits per heavy atom. The van der Waals surface area contributed by atoms with Crippen molar-refractivity contribution in [2.24, 2.45) is 0 Å². The van der Waals surface area contributed by atoms with Crippen molar-refractivity contribution in [2.45, 2.75) is 31.3 Å². The third kappa shape index (κ3) is 4.14. The fourth-order valence-electron chi connectivity index (χ4n) is 1.78. The quantitative estimate of drug-likeness (QED) is 0.801. The summed E-state index contributed by atoms with van der Waals surface area (Å²) in [6.45, 7) is 4.03. The van der Waals surface area contributed by atoms with E-state index in [2.05, 4.69) is 4.72 Å². The molecule has 0 saturated carbocycles. The van der Waals surface area contributed by atoms with E-state index in [1.165, 1.54) is 12.1 Å². The van der Waals surface area contributed by atoms with Gasteiger partial charge in [0.1, 0.15) is 5.75 Å². The van der Waals surface area contributed by atoms with Crippen LogP contribution in [-0.2, 0) is 10.0 Å². The molecule has 6 heteroatoms. The Morgan fingerprint density at radius 3 is 2.23 bits per heavy atom. The van der Waals surface area contributed by atoms with E-state index in [0.29, 0.717) is 17.1 Å². The third-order valence-corrected chi connectivity index (χ3v) is 4.61. The molecule has 0 spiro atoms. The number of anilines is 2. The number of hydrogen-bond acceptors (Lipinski definition) is 4. The summed E-state index contributed by atoms with van der Waals surface area (Å²) >= 11 is 0. The van der Waals surface area contributed by atoms with E-state index >= 15 is 0 Å². The molecule has 0 aromatic heterocycles. The summed E-state index contributed by atoms with van der Waals surface area (Å²) in [7, 11) is -3.62. The zero-order valence-electron chi connectivity index (χ0n) is 12.6. The second-order valence-electron chi connectivity index (χ2n) is 5.04. The molecule has 0 bridgehead atoms. The van der Waals surface area contributed by atoms with Gasteiger partial charge in [-0.05, 0) is 61.9 Å². The highest BCUT2D eigenvalue weighted by Crippen LogP contribution is 2.21. The van der Waals surface area contributed by atoms with E-state index < -0.39 is 10.0 Å². The van der Waals surface area contributed by atoms with E-state index in [1.54, 1.807) is 36.4 Å². The molecule has 0 radical (unpaired) electrons. The molecule has 118 valence electrons. The molecule has 1 atom stereocenters. The lowest BCUT2D eigenvalue weighted by atomic mass is 10.3. The van der Waals surface area contributed by atoms with Crippen molar-refractivity contribution in [3.8, 4) is 5.75 Å². The smallest absolute Gasteiger partial charge is 0.261 e. The van der Waals surface area contributed by atoms with E-state index in [1.807, 2.05) is 13.8 Å². The minimum Gasteiger partial charge on any atom is -0.491 e. The number of benzene rings is 2. The summed E-state index contributed by atoms with van der Waals surface area (Å²) in [5.41, 5.74) is 6.56. The standard InChI is InChI=1S/C16H20N2O3S/c1-3-12(2)21-15-8-6-14(7-9-15)18-22(19,20)16-10-4-13(17)5-11-16/h4-12,18H,3,17H2,1-2H3/t12-/m1/s1. The van der Waals surface area contributed by atoms with Crippen molar-refractivity contribution in [3.05, 3.63) is 48.5 Å². The van der Waals surface area contributed by atoms with Gasteiger partial charge in [-0.25, -0.2) is 8.42 Å². The van der Waals surface area contributed by atoms with Gasteiger partial charge in [0.2, 0.25) is 0 Å². The molecule has 0 unspecified atom stereocenters. The van der Waals surface area contributed by atoms with E-state index in [0.717, 1.165) is 6.42 Å². The SMILES string of the molecule is CC[C@@H](C)Oc1ccc(NS(=O)(=O)c2ccc(N)cc2)cc1. The molecular formula is C16H20N2O3S. The van der Waals surface area contributed by atoms with Crippen molar-refractivity contribution in [1.29, 1.82) is 0 Å². The lowest BCUT2D eigenvalue weighted by Crippen LogP contribution is -2.13. The first-order chi connectivity index (χ1) is 10.4. The van der Waals surface area contributed by atoms with Crippen LogP contribution >= 0.6 is 0 Å². The predicted molar refractivity (Wildman–Crippen MR) is 88.5 cm³/mol. The molecule has 0 saturated heterocycles. The third-order valence-electron chi connectivity index (χ3n) is 3.21. The fourth-order valence-corrected chi connectivity index (χ4v) is 2.84. The highest BCUT2D eigenvalue weighted by molar-refractivity contribution is 7.92. The van der Waals surface area contributed by atoms with Crippen LogP contribution in [0.25, 0.3) is 0 Å². The Morgan fingerprint density at radius 2 is 1.68 bits per heavy atom. The topological polar surface area (TPSA) is 81.4 Å². The van der Waals surface area contributed by atoms with Crippen LogP contribution in [0.1, 0.15) is 20.3 Å². The Bertz CT molecular complexity index is 710. The lowest BCUT2D eigenvalue weighted by molar-refractivity contribution is 0.217. The van der Waals surface area contributed by atoms with Gasteiger partial charge >= 0.3 is 0 Å². The van der Waals surface area contributed by atoms with Crippen LogP contribution < -0.4 is 15.2 Å². The fraction of sp³-hybridized carbons (Fsp3) is 0.250. The number of nitrogens with two attached hydrogens (primary N) is 1. The Hall–Kier alpha value is -2.21. The molecule has 3 N–H and O–H groups in total. The van der Waals surface area contributed by atoms with E-state index in [4.69, 9.17) is 10.5 Å². The maximum absolute atomic E-state index is 12.2. The first-order valence-electron chi connectivity index (χ1n) is 7.06. The molecule has 0 fully saturated rings. The molecule has 0 heterocycles. The summed E-state index contributed by atoms with van der Waals surface area (Å²) in [4.78, 5) is 0.168. The summed E-state index contributed by atoms with van der Waals surface area (Å²) in [5.74, 6) is 0.713. The normalized spacial score (nSPS) is 12.6. The van der Waals surface area contributed by atoms with Gasteiger partial charge in [-0.1, -0.05) is 6.92 Å². The summed E-state index contributed by atoms with van der Waals surface area (Å²) < 4.78 is 32.7. The number of ether oxygens (including phenoxy) is 1. The van der Waals surface area contributed by atoms with Gasteiger partial charge in [-0.15, -0.1) is 0 Å². The van der Waals surface area contributed by atoms with Crippen molar-refractivity contribution in [2.75, 3.05) is 10.5 Å². The second-order valence-corrected chi connectivity index (χ2v) is 6.72. The van der Waals surface area contributed by atoms with E-state index in [-0.39, 0.29) is 11.0 Å². The minimum absolute atomic E-state index is 0.123. The second kappa shape index (κ2) is 6.70. The predicted octanol–water partition coefficient (Wildman–Crippen LogP) is 3.25. The number of hydrogen-bond donors (Lipinski definition) is 2. The average molecular weight is 320 g/mol. The van der Waals surface area contributed by atoms with E-state index in [9.17, 15) is 8.42 Å². The Labute approximate surface area is 131 Å². The van der Waals surface area contributed by atoms with Gasteiger partial charge in [0, 0.05) is 11.4 Å². The van der Waals surface area contributed by atoms with Crippen LogP contribution in [0, 0.1) is 0 Å². The van der Waals surface area contributed by atoms with Crippen molar-refractivity contribution < 1.29 is 13.2 Å². The van der Waals surface area contributed by atoms with Crippen LogP contribution in [0.5, 0.6) is 5.75 Å². The molecule has 0 amide bonds. The number of nitrogen functional groups attached to an aromatic ring is 1. The zero-order valence-corrected chi connectivity index (χ0v) is 13.4. The van der Waals surface area contributed by atoms with Crippen LogP contribution in [0.3, 0.4) is 0 Å². The number of rotatable bonds is 6. The Balaban J connectivity index is 2.11. The molecule has 2 aromatic rings. The van der Waals surface area contributed by atoms with Gasteiger partial charge in [0.05, 0.1) is 11.0 Å². The largest absolute Gasteiger partial charge is 0.491 e. The van der Waals surface area contributed by atoms with Crippen LogP contribution in [0.4, 0.5) is 11.4 Å². The summed E-state index contributed by atoms with van der Waals surface area (Å²) in [6, 6.07) is 12.9. The molecule has 2 rings (SSSR count). The van der Waals surface area contributed by atoms with Crippen LogP contribution in [-0.4, -0.2) is 14.5 Å². The molecule has 0 aliphatic rings. The monoisotopic (exact) mass is 320 g/mol. The van der Waals surface area contributed by atoms with Gasteiger partial charge in [0.25, 0.3) is 10.0 Å². The minimum atomic E-state index is -3.62. The van der Waals surface area contributed by atoms with Crippen LogP contribution in [0.2, 0.25) is 0 Å². The molecule has 0 aliphatic heterocycles. The molecule has 5 nitrogen and oxygen atoms in total. The highest BCUT2D eigenvalue weighted by atomic mass is 32.2. The molecule has 0 aliphatic carbocycles. The summed E-state index contributed by atoms with van der Waals surface area (Å²) in [6.07, 6.45) is 1.03. The zero-order chi connectivity index (χ0) is 16.2. The Kier molecular flexibility index (Phi) is 4.92. The summed E-state index contributed by atoms with van der Waals surface area (Å²) in [5, 5.41) is 0. The first-order valence-corrected chi connectivity index (χ1v) is 8.54. The number of sulfonamides is 1. The molecule has 2 aromatic carbocycles. The van der Waals surface area contributed by atoms with Crippen LogP contribution in [0.15, 0.2) is 53.4 Å². The van der Waals surface area contributed by atoms with Gasteiger partial charge in [-0.2, -0.15) is 0 Å². The maximum Gasteiger partial charge on any atom is 0.261 e. The highest BCUT2D eigenvalue weighted by Gasteiger charge is 2.13. The van der Waals surface area contributed by atoms with Crippen molar-refractivity contribution >= 4 is 21.4 Å². The van der Waals surface area contributed by atoms with Gasteiger partial charge in [-0.3, -0.25) is 4.72 Å². The van der Waals surface area contributed by atoms with Crippen molar-refractivity contribution in [3.63, 3.8) is 0 Å². The number of nitrogens with one attached hydrogen (secondary N) is 1. The maximum atomic E-state index is 12.2.